The largest absolute Gasteiger partial charge is 0.494 e. The number of benzene rings is 1. The number of fused-ring (bicyclic) bond motifs is 1. The number of ether oxygens (including phenoxy) is 2. The maximum absolute atomic E-state index is 12.9. The Balaban J connectivity index is 1.55. The lowest BCUT2D eigenvalue weighted by Crippen LogP contribution is -2.20. The summed E-state index contributed by atoms with van der Waals surface area (Å²) >= 11 is 0. The van der Waals surface area contributed by atoms with Crippen molar-refractivity contribution in [3.63, 3.8) is 0 Å². The molecular formula is C20H19F3N6O4S. The molecule has 180 valence electrons. The SMILES string of the molecule is COc1cc2nn(CCS(=N)(=O)C3=NCCO3)cc2cc1NC(=O)c1cccc(C(F)(F)F)n1. The van der Waals surface area contributed by atoms with E-state index in [9.17, 15) is 22.2 Å². The fourth-order valence-corrected chi connectivity index (χ4v) is 4.41. The van der Waals surface area contributed by atoms with Gasteiger partial charge in [0, 0.05) is 17.6 Å². The van der Waals surface area contributed by atoms with Gasteiger partial charge in [-0.2, -0.15) is 18.3 Å². The van der Waals surface area contributed by atoms with Gasteiger partial charge in [-0.1, -0.05) is 6.07 Å². The van der Waals surface area contributed by atoms with Gasteiger partial charge < -0.3 is 14.8 Å². The molecule has 3 heterocycles. The molecule has 1 unspecified atom stereocenters. The number of methoxy groups -OCH3 is 1. The Morgan fingerprint density at radius 1 is 1.35 bits per heavy atom. The number of nitrogens with one attached hydrogen (secondary N) is 2. The molecule has 4 rings (SSSR count). The Morgan fingerprint density at radius 3 is 2.82 bits per heavy atom. The molecule has 0 bridgehead atoms. The summed E-state index contributed by atoms with van der Waals surface area (Å²) in [6.45, 7) is 0.833. The smallest absolute Gasteiger partial charge is 0.433 e. The number of amides is 1. The van der Waals surface area contributed by atoms with Gasteiger partial charge in [0.1, 0.15) is 33.5 Å². The highest BCUT2D eigenvalue weighted by molar-refractivity contribution is 8.06. The molecule has 2 N–H and O–H groups in total. The molecule has 1 aromatic carbocycles. The van der Waals surface area contributed by atoms with Gasteiger partial charge in [-0.25, -0.2) is 19.0 Å². The topological polar surface area (TPSA) is 132 Å². The summed E-state index contributed by atoms with van der Waals surface area (Å²) in [5.74, 6) is -0.666. The molecule has 10 nitrogen and oxygen atoms in total. The number of aliphatic imine (C=N–C) groups is 1. The van der Waals surface area contributed by atoms with Crippen molar-refractivity contribution in [3.05, 3.63) is 47.9 Å². The van der Waals surface area contributed by atoms with E-state index < -0.39 is 33.2 Å². The highest BCUT2D eigenvalue weighted by atomic mass is 32.2. The van der Waals surface area contributed by atoms with Gasteiger partial charge in [-0.15, -0.1) is 0 Å². The number of aryl methyl sites for hydroxylation is 1. The maximum Gasteiger partial charge on any atom is 0.433 e. The Kier molecular flexibility index (Phi) is 6.17. The third-order valence-electron chi connectivity index (χ3n) is 4.84. The van der Waals surface area contributed by atoms with Crippen molar-refractivity contribution < 1.29 is 31.6 Å². The van der Waals surface area contributed by atoms with Crippen LogP contribution < -0.4 is 10.1 Å². The first-order valence-corrected chi connectivity index (χ1v) is 11.6. The molecule has 0 spiro atoms. The Morgan fingerprint density at radius 2 is 2.15 bits per heavy atom. The number of hydrogen-bond acceptors (Lipinski definition) is 8. The van der Waals surface area contributed by atoms with Gasteiger partial charge in [0.25, 0.3) is 11.1 Å². The van der Waals surface area contributed by atoms with Crippen LogP contribution in [0.4, 0.5) is 18.9 Å². The number of carbonyl (C=O) groups excluding carboxylic acids is 1. The van der Waals surface area contributed by atoms with Crippen molar-refractivity contribution in [1.29, 1.82) is 4.78 Å². The molecular weight excluding hydrogens is 477 g/mol. The molecule has 1 aliphatic heterocycles. The molecule has 1 atom stereocenters. The zero-order valence-corrected chi connectivity index (χ0v) is 18.6. The monoisotopic (exact) mass is 496 g/mol. The summed E-state index contributed by atoms with van der Waals surface area (Å²) in [5, 5.41) is 7.40. The average Bonchev–Trinajstić information content (AvgIpc) is 3.47. The second-order valence-electron chi connectivity index (χ2n) is 7.24. The van der Waals surface area contributed by atoms with Crippen molar-refractivity contribution in [2.24, 2.45) is 4.99 Å². The van der Waals surface area contributed by atoms with E-state index in [-0.39, 0.29) is 29.0 Å². The summed E-state index contributed by atoms with van der Waals surface area (Å²) in [7, 11) is -1.81. The molecule has 0 saturated heterocycles. The quantitative estimate of drug-likeness (QED) is 0.539. The van der Waals surface area contributed by atoms with E-state index in [1.54, 1.807) is 18.3 Å². The first-order valence-electron chi connectivity index (χ1n) is 9.91. The number of aromatic nitrogens is 3. The first-order chi connectivity index (χ1) is 16.1. The number of halogens is 3. The van der Waals surface area contributed by atoms with Crippen LogP contribution in [-0.4, -0.2) is 56.1 Å². The molecule has 1 amide bonds. The number of hydrogen-bond donors (Lipinski definition) is 2. The number of nitrogens with zero attached hydrogens (tertiary/aromatic N) is 4. The highest BCUT2D eigenvalue weighted by Gasteiger charge is 2.33. The van der Waals surface area contributed by atoms with Gasteiger partial charge in [0.15, 0.2) is 0 Å². The van der Waals surface area contributed by atoms with E-state index in [1.807, 2.05) is 0 Å². The molecule has 1 aliphatic rings. The molecule has 14 heteroatoms. The van der Waals surface area contributed by atoms with Crippen molar-refractivity contribution in [2.75, 3.05) is 31.3 Å². The van der Waals surface area contributed by atoms with Gasteiger partial charge in [0.2, 0.25) is 0 Å². The van der Waals surface area contributed by atoms with E-state index in [1.165, 1.54) is 17.9 Å². The van der Waals surface area contributed by atoms with Crippen LogP contribution >= 0.6 is 0 Å². The first kappa shape index (κ1) is 23.5. The molecule has 3 aromatic rings. The van der Waals surface area contributed by atoms with Crippen LogP contribution in [-0.2, 0) is 27.2 Å². The van der Waals surface area contributed by atoms with Crippen molar-refractivity contribution >= 4 is 37.5 Å². The van der Waals surface area contributed by atoms with E-state index >= 15 is 0 Å². The molecule has 0 saturated carbocycles. The lowest BCUT2D eigenvalue weighted by atomic mass is 10.2. The zero-order valence-electron chi connectivity index (χ0n) is 17.8. The van der Waals surface area contributed by atoms with Crippen LogP contribution in [0, 0.1) is 4.78 Å². The number of rotatable bonds is 6. The molecule has 0 radical (unpaired) electrons. The van der Waals surface area contributed by atoms with E-state index in [4.69, 9.17) is 14.3 Å². The predicted molar refractivity (Wildman–Crippen MR) is 117 cm³/mol. The van der Waals surface area contributed by atoms with E-state index in [2.05, 4.69) is 20.4 Å². The minimum atomic E-state index is -4.68. The van der Waals surface area contributed by atoms with Crippen LogP contribution in [0.25, 0.3) is 10.9 Å². The van der Waals surface area contributed by atoms with Crippen LogP contribution in [0.1, 0.15) is 16.2 Å². The number of alkyl halides is 3. The van der Waals surface area contributed by atoms with Crippen LogP contribution in [0.3, 0.4) is 0 Å². The van der Waals surface area contributed by atoms with E-state index in [0.717, 1.165) is 12.1 Å². The van der Waals surface area contributed by atoms with Crippen molar-refractivity contribution in [1.82, 2.24) is 14.8 Å². The molecule has 34 heavy (non-hydrogen) atoms. The Bertz CT molecular complexity index is 1380. The summed E-state index contributed by atoms with van der Waals surface area (Å²) in [5.41, 5.74) is -0.881. The molecule has 0 aliphatic carbocycles. The minimum absolute atomic E-state index is 0.0538. The zero-order chi connectivity index (χ0) is 24.5. The molecule has 0 fully saturated rings. The number of carbonyl (C=O) groups is 1. The molecule has 2 aromatic heterocycles. The lowest BCUT2D eigenvalue weighted by Gasteiger charge is -2.11. The highest BCUT2D eigenvalue weighted by Crippen LogP contribution is 2.31. The summed E-state index contributed by atoms with van der Waals surface area (Å²) in [6.07, 6.45) is -3.06. The van der Waals surface area contributed by atoms with Crippen molar-refractivity contribution in [2.45, 2.75) is 12.7 Å². The minimum Gasteiger partial charge on any atom is -0.494 e. The van der Waals surface area contributed by atoms with Crippen LogP contribution in [0.15, 0.2) is 41.5 Å². The third-order valence-corrected chi connectivity index (χ3v) is 6.41. The summed E-state index contributed by atoms with van der Waals surface area (Å²) in [6, 6.07) is 6.14. The van der Waals surface area contributed by atoms with Gasteiger partial charge >= 0.3 is 6.18 Å². The third kappa shape index (κ3) is 4.95. The van der Waals surface area contributed by atoms with Gasteiger partial charge in [-0.05, 0) is 18.2 Å². The number of anilines is 1. The average molecular weight is 496 g/mol. The standard InChI is InChI=1S/C20H19F3N6O4S/c1-32-16-10-14-12(11-29(28-14)6-8-34(24,31)19-25-5-7-33-19)9-15(16)27-18(30)13-3-2-4-17(26-13)20(21,22)23/h2-4,9-11,24H,5-8H2,1H3,(H,27,30). The predicted octanol–water partition coefficient (Wildman–Crippen LogP) is 3.14. The maximum atomic E-state index is 12.9. The lowest BCUT2D eigenvalue weighted by molar-refractivity contribution is -0.141. The van der Waals surface area contributed by atoms with Crippen LogP contribution in [0.5, 0.6) is 5.75 Å². The second-order valence-corrected chi connectivity index (χ2v) is 9.35. The normalized spacial score (nSPS) is 15.5. The summed E-state index contributed by atoms with van der Waals surface area (Å²) in [4.78, 5) is 19.9. The van der Waals surface area contributed by atoms with Gasteiger partial charge in [-0.3, -0.25) is 9.48 Å². The Hall–Kier alpha value is -3.68. The fraction of sp³-hybridized carbons (Fsp3) is 0.300. The van der Waals surface area contributed by atoms with Crippen molar-refractivity contribution in [3.8, 4) is 5.75 Å². The van der Waals surface area contributed by atoms with E-state index in [0.29, 0.717) is 24.1 Å². The second kappa shape index (κ2) is 8.93. The number of pyridine rings is 1. The van der Waals surface area contributed by atoms with Gasteiger partial charge in [0.05, 0.1) is 37.2 Å². The summed E-state index contributed by atoms with van der Waals surface area (Å²) < 4.78 is 71.2. The Labute approximate surface area is 191 Å². The fourth-order valence-electron chi connectivity index (χ4n) is 3.21. The van der Waals surface area contributed by atoms with Crippen LogP contribution in [0.2, 0.25) is 0 Å².